The van der Waals surface area contributed by atoms with Crippen LogP contribution in [-0.4, -0.2) is 4.99 Å². The minimum absolute atomic E-state index is 0.271. The Bertz CT molecular complexity index is 647. The zero-order chi connectivity index (χ0) is 14.0. The van der Waals surface area contributed by atoms with Crippen LogP contribution in [0, 0.1) is 5.82 Å². The van der Waals surface area contributed by atoms with E-state index in [0.717, 1.165) is 10.2 Å². The molecule has 0 aromatic heterocycles. The second-order valence-electron chi connectivity index (χ2n) is 3.78. The van der Waals surface area contributed by atoms with Crippen molar-refractivity contribution in [1.29, 1.82) is 0 Å². The minimum Gasteiger partial charge on any atom is -0.389 e. The highest BCUT2D eigenvalue weighted by Crippen LogP contribution is 2.28. The fourth-order valence-electron chi connectivity index (χ4n) is 1.61. The van der Waals surface area contributed by atoms with Crippen molar-refractivity contribution in [2.24, 2.45) is 5.73 Å². The van der Waals surface area contributed by atoms with E-state index in [4.69, 9.17) is 18.0 Å². The van der Waals surface area contributed by atoms with Gasteiger partial charge in [0.15, 0.2) is 0 Å². The summed E-state index contributed by atoms with van der Waals surface area (Å²) in [6, 6.07) is 10.3. The first-order valence-electron chi connectivity index (χ1n) is 5.29. The van der Waals surface area contributed by atoms with E-state index < -0.39 is 0 Å². The second kappa shape index (κ2) is 5.98. The SMILES string of the molecule is NC(=S)c1c(Br)cccc1Nc1ccc(Br)c(F)c1. The molecule has 6 heteroatoms. The molecular formula is C13H9Br2FN2S. The van der Waals surface area contributed by atoms with Crippen molar-refractivity contribution in [3.8, 4) is 0 Å². The van der Waals surface area contributed by atoms with Crippen LogP contribution in [0.5, 0.6) is 0 Å². The van der Waals surface area contributed by atoms with E-state index in [1.807, 2.05) is 18.2 Å². The van der Waals surface area contributed by atoms with Crippen LogP contribution in [0.15, 0.2) is 45.3 Å². The van der Waals surface area contributed by atoms with E-state index in [1.54, 1.807) is 12.1 Å². The number of anilines is 2. The number of halogens is 3. The third-order valence-electron chi connectivity index (χ3n) is 2.46. The van der Waals surface area contributed by atoms with Crippen LogP contribution in [-0.2, 0) is 0 Å². The van der Waals surface area contributed by atoms with Gasteiger partial charge in [0.2, 0.25) is 0 Å². The number of hydrogen-bond donors (Lipinski definition) is 2. The maximum absolute atomic E-state index is 13.5. The van der Waals surface area contributed by atoms with Gasteiger partial charge in [0.05, 0.1) is 4.47 Å². The lowest BCUT2D eigenvalue weighted by Crippen LogP contribution is -2.12. The number of nitrogens with two attached hydrogens (primary N) is 1. The summed E-state index contributed by atoms with van der Waals surface area (Å²) in [6.45, 7) is 0. The molecule has 0 fully saturated rings. The summed E-state index contributed by atoms with van der Waals surface area (Å²) in [5, 5.41) is 3.10. The molecule has 98 valence electrons. The molecule has 0 unspecified atom stereocenters. The van der Waals surface area contributed by atoms with Gasteiger partial charge < -0.3 is 11.1 Å². The third kappa shape index (κ3) is 3.32. The Morgan fingerprint density at radius 1 is 1.16 bits per heavy atom. The standard InChI is InChI=1S/C13H9Br2FN2S/c14-8-5-4-7(6-10(8)16)18-11-3-1-2-9(15)12(11)13(17)19/h1-6,18H,(H2,17,19). The predicted molar refractivity (Wildman–Crippen MR) is 87.4 cm³/mol. The first-order valence-corrected chi connectivity index (χ1v) is 7.29. The monoisotopic (exact) mass is 402 g/mol. The third-order valence-corrected chi connectivity index (χ3v) is 3.97. The molecule has 3 N–H and O–H groups in total. The molecule has 0 radical (unpaired) electrons. The largest absolute Gasteiger partial charge is 0.389 e. The topological polar surface area (TPSA) is 38.0 Å². The van der Waals surface area contributed by atoms with Gasteiger partial charge in [-0.15, -0.1) is 0 Å². The molecule has 2 rings (SSSR count). The molecular weight excluding hydrogens is 395 g/mol. The van der Waals surface area contributed by atoms with E-state index in [1.165, 1.54) is 6.07 Å². The van der Waals surface area contributed by atoms with E-state index in [-0.39, 0.29) is 10.8 Å². The summed E-state index contributed by atoms with van der Waals surface area (Å²) in [7, 11) is 0. The van der Waals surface area contributed by atoms with Gasteiger partial charge in [0.1, 0.15) is 10.8 Å². The van der Waals surface area contributed by atoms with Crippen LogP contribution < -0.4 is 11.1 Å². The van der Waals surface area contributed by atoms with Gasteiger partial charge >= 0.3 is 0 Å². The maximum Gasteiger partial charge on any atom is 0.139 e. The van der Waals surface area contributed by atoms with Crippen LogP contribution in [0.3, 0.4) is 0 Å². The molecule has 0 aliphatic rings. The van der Waals surface area contributed by atoms with Gasteiger partial charge in [-0.1, -0.05) is 18.3 Å². The minimum atomic E-state index is -0.336. The summed E-state index contributed by atoms with van der Waals surface area (Å²) in [5.41, 5.74) is 7.75. The van der Waals surface area contributed by atoms with Crippen LogP contribution in [0.25, 0.3) is 0 Å². The van der Waals surface area contributed by atoms with Gasteiger partial charge in [-0.3, -0.25) is 0 Å². The number of benzene rings is 2. The van der Waals surface area contributed by atoms with Crippen molar-refractivity contribution in [2.75, 3.05) is 5.32 Å². The lowest BCUT2D eigenvalue weighted by atomic mass is 10.1. The summed E-state index contributed by atoms with van der Waals surface area (Å²) >= 11 is 11.5. The van der Waals surface area contributed by atoms with Gasteiger partial charge in [-0.2, -0.15) is 0 Å². The maximum atomic E-state index is 13.5. The first-order chi connectivity index (χ1) is 8.99. The molecule has 0 aliphatic carbocycles. The highest BCUT2D eigenvalue weighted by molar-refractivity contribution is 9.10. The molecule has 0 bridgehead atoms. The fraction of sp³-hybridized carbons (Fsp3) is 0. The Hall–Kier alpha value is -0.980. The molecule has 0 aliphatic heterocycles. The van der Waals surface area contributed by atoms with Crippen LogP contribution in [0.4, 0.5) is 15.8 Å². The molecule has 2 nitrogen and oxygen atoms in total. The van der Waals surface area contributed by atoms with Gasteiger partial charge in [0.25, 0.3) is 0 Å². The lowest BCUT2D eigenvalue weighted by Gasteiger charge is -2.13. The van der Waals surface area contributed by atoms with Crippen molar-refractivity contribution in [3.63, 3.8) is 0 Å². The summed E-state index contributed by atoms with van der Waals surface area (Å²) in [6.07, 6.45) is 0. The van der Waals surface area contributed by atoms with Crippen molar-refractivity contribution < 1.29 is 4.39 Å². The van der Waals surface area contributed by atoms with Crippen LogP contribution in [0.2, 0.25) is 0 Å². The Morgan fingerprint density at radius 2 is 1.89 bits per heavy atom. The number of hydrogen-bond acceptors (Lipinski definition) is 2. The fourth-order valence-corrected chi connectivity index (χ4v) is 2.79. The lowest BCUT2D eigenvalue weighted by molar-refractivity contribution is 0.622. The van der Waals surface area contributed by atoms with Crippen molar-refractivity contribution in [2.45, 2.75) is 0 Å². The van der Waals surface area contributed by atoms with Crippen molar-refractivity contribution in [1.82, 2.24) is 0 Å². The zero-order valence-electron chi connectivity index (χ0n) is 9.58. The Balaban J connectivity index is 2.40. The Morgan fingerprint density at radius 3 is 2.53 bits per heavy atom. The highest BCUT2D eigenvalue weighted by atomic mass is 79.9. The first kappa shape index (κ1) is 14.4. The van der Waals surface area contributed by atoms with Gasteiger partial charge in [0, 0.05) is 21.4 Å². The zero-order valence-corrected chi connectivity index (χ0v) is 13.6. The summed E-state index contributed by atoms with van der Waals surface area (Å²) in [5.74, 6) is -0.336. The number of thiocarbonyl (C=S) groups is 1. The van der Waals surface area contributed by atoms with Crippen molar-refractivity contribution in [3.05, 3.63) is 56.7 Å². The van der Waals surface area contributed by atoms with Crippen LogP contribution >= 0.6 is 44.1 Å². The Kier molecular flexibility index (Phi) is 4.54. The average Bonchev–Trinajstić information content (AvgIpc) is 2.33. The van der Waals surface area contributed by atoms with Crippen LogP contribution in [0.1, 0.15) is 5.56 Å². The second-order valence-corrected chi connectivity index (χ2v) is 5.93. The molecule has 0 amide bonds. The summed E-state index contributed by atoms with van der Waals surface area (Å²) < 4.78 is 14.7. The highest BCUT2D eigenvalue weighted by Gasteiger charge is 2.10. The predicted octanol–water partition coefficient (Wildman–Crippen LogP) is 4.73. The molecule has 2 aromatic carbocycles. The number of rotatable bonds is 3. The van der Waals surface area contributed by atoms with E-state index in [9.17, 15) is 4.39 Å². The summed E-state index contributed by atoms with van der Waals surface area (Å²) in [4.78, 5) is 0.271. The molecule has 0 heterocycles. The normalized spacial score (nSPS) is 10.3. The molecule has 0 atom stereocenters. The molecule has 0 saturated carbocycles. The Labute approximate surface area is 132 Å². The van der Waals surface area contributed by atoms with Crippen molar-refractivity contribution >= 4 is 60.4 Å². The smallest absolute Gasteiger partial charge is 0.139 e. The number of nitrogens with one attached hydrogen (secondary N) is 1. The van der Waals surface area contributed by atoms with E-state index in [2.05, 4.69) is 37.2 Å². The van der Waals surface area contributed by atoms with E-state index in [0.29, 0.717) is 15.7 Å². The molecule has 0 saturated heterocycles. The molecule has 2 aromatic rings. The van der Waals surface area contributed by atoms with E-state index >= 15 is 0 Å². The average molecular weight is 404 g/mol. The van der Waals surface area contributed by atoms with Gasteiger partial charge in [-0.05, 0) is 62.2 Å². The molecule has 19 heavy (non-hydrogen) atoms. The molecule has 0 spiro atoms. The quantitative estimate of drug-likeness (QED) is 0.727. The van der Waals surface area contributed by atoms with Gasteiger partial charge in [-0.25, -0.2) is 4.39 Å².